The smallest absolute Gasteiger partial charge is 0.325 e. The van der Waals surface area contributed by atoms with Crippen LogP contribution < -0.4 is 4.74 Å². The van der Waals surface area contributed by atoms with Crippen LogP contribution in [0.1, 0.15) is 56.2 Å². The number of nitrogens with zero attached hydrogens (tertiary/aromatic N) is 2. The van der Waals surface area contributed by atoms with Crippen molar-refractivity contribution in [1.82, 2.24) is 9.97 Å². The van der Waals surface area contributed by atoms with E-state index in [-0.39, 0.29) is 49.3 Å². The van der Waals surface area contributed by atoms with Crippen molar-refractivity contribution in [3.8, 4) is 11.8 Å². The van der Waals surface area contributed by atoms with Crippen molar-refractivity contribution in [2.24, 2.45) is 0 Å². The summed E-state index contributed by atoms with van der Waals surface area (Å²) in [5, 5.41) is 0. The summed E-state index contributed by atoms with van der Waals surface area (Å²) in [6, 6.07) is 4.42. The van der Waals surface area contributed by atoms with Crippen molar-refractivity contribution < 1.29 is 42.9 Å². The Morgan fingerprint density at radius 3 is 1.39 bits per heavy atom. The van der Waals surface area contributed by atoms with Gasteiger partial charge in [0.05, 0.1) is 26.4 Å². The zero-order valence-corrected chi connectivity index (χ0v) is 20.9. The molecule has 0 atom stereocenters. The zero-order valence-electron chi connectivity index (χ0n) is 20.9. The Balaban J connectivity index is 2.87. The van der Waals surface area contributed by atoms with Gasteiger partial charge >= 0.3 is 29.9 Å². The number of ether oxygens (including phenoxy) is 5. The topological polar surface area (TPSA) is 140 Å². The molecular weight excluding hydrogens is 472 g/mol. The second kappa shape index (κ2) is 13.8. The molecule has 36 heavy (non-hydrogen) atoms. The van der Waals surface area contributed by atoms with Gasteiger partial charge in [-0.2, -0.15) is 0 Å². The Bertz CT molecular complexity index is 975. The third-order valence-electron chi connectivity index (χ3n) is 4.74. The molecule has 0 aliphatic rings. The molecule has 0 unspecified atom stereocenters. The molecule has 0 aliphatic heterocycles. The number of aryl methyl sites for hydroxylation is 1. The summed E-state index contributed by atoms with van der Waals surface area (Å²) in [5.74, 6) is -6.89. The van der Waals surface area contributed by atoms with Crippen molar-refractivity contribution in [1.29, 1.82) is 0 Å². The first-order chi connectivity index (χ1) is 17.3. The number of esters is 4. The van der Waals surface area contributed by atoms with Crippen LogP contribution in [0.4, 0.5) is 0 Å². The predicted octanol–water partition coefficient (Wildman–Crippen LogP) is 3.00. The highest BCUT2D eigenvalue weighted by molar-refractivity contribution is 6.04. The highest BCUT2D eigenvalue weighted by Gasteiger charge is 2.40. The standard InChI is InChI=1S/C25H30N2O9/c1-6-32-21(28)18(22(29)33-7-2)16-13-15(5)14-17(20(16)36-25-26-11-10-12-27-25)19(23(30)34-8-3)24(31)35-9-4/h10-14,18-19H,6-9H2,1-5H3. The Morgan fingerprint density at radius 1 is 0.694 bits per heavy atom. The van der Waals surface area contributed by atoms with Gasteiger partial charge in [0.15, 0.2) is 11.8 Å². The number of carbonyl (C=O) groups is 4. The van der Waals surface area contributed by atoms with E-state index in [0.29, 0.717) is 5.56 Å². The molecule has 11 heteroatoms. The van der Waals surface area contributed by atoms with Gasteiger partial charge in [-0.15, -0.1) is 0 Å². The van der Waals surface area contributed by atoms with E-state index < -0.39 is 35.7 Å². The predicted molar refractivity (Wildman–Crippen MR) is 125 cm³/mol. The second-order valence-corrected chi connectivity index (χ2v) is 7.28. The summed E-state index contributed by atoms with van der Waals surface area (Å²) < 4.78 is 26.5. The van der Waals surface area contributed by atoms with Gasteiger partial charge in [0.1, 0.15) is 5.75 Å². The lowest BCUT2D eigenvalue weighted by Gasteiger charge is -2.23. The molecule has 1 aromatic heterocycles. The van der Waals surface area contributed by atoms with E-state index in [4.69, 9.17) is 23.7 Å². The molecule has 0 amide bonds. The first-order valence-corrected chi connectivity index (χ1v) is 11.5. The lowest BCUT2D eigenvalue weighted by atomic mass is 9.88. The first-order valence-electron chi connectivity index (χ1n) is 11.5. The first kappa shape index (κ1) is 28.2. The Kier molecular flexibility index (Phi) is 10.8. The van der Waals surface area contributed by atoms with Crippen molar-refractivity contribution in [2.45, 2.75) is 46.5 Å². The minimum absolute atomic E-state index is 0.000323. The normalized spacial score (nSPS) is 10.6. The van der Waals surface area contributed by atoms with Gasteiger partial charge in [-0.3, -0.25) is 19.2 Å². The maximum atomic E-state index is 12.9. The Morgan fingerprint density at radius 2 is 1.06 bits per heavy atom. The van der Waals surface area contributed by atoms with E-state index in [2.05, 4.69) is 9.97 Å². The van der Waals surface area contributed by atoms with E-state index >= 15 is 0 Å². The number of rotatable bonds is 12. The molecule has 2 aromatic rings. The summed E-state index contributed by atoms with van der Waals surface area (Å²) in [4.78, 5) is 59.8. The van der Waals surface area contributed by atoms with Crippen LogP contribution in [0.5, 0.6) is 11.8 Å². The molecule has 0 saturated carbocycles. The molecule has 1 aromatic carbocycles. The molecule has 0 aliphatic carbocycles. The summed E-state index contributed by atoms with van der Waals surface area (Å²) in [7, 11) is 0. The van der Waals surface area contributed by atoms with Gasteiger partial charge in [-0.25, -0.2) is 9.97 Å². The van der Waals surface area contributed by atoms with Crippen molar-refractivity contribution in [3.05, 3.63) is 47.3 Å². The third-order valence-corrected chi connectivity index (χ3v) is 4.74. The highest BCUT2D eigenvalue weighted by Crippen LogP contribution is 2.40. The van der Waals surface area contributed by atoms with Crippen LogP contribution in [0, 0.1) is 6.92 Å². The molecule has 194 valence electrons. The number of aromatic nitrogens is 2. The van der Waals surface area contributed by atoms with Gasteiger partial charge in [0.2, 0.25) is 0 Å². The van der Waals surface area contributed by atoms with Crippen LogP contribution in [-0.4, -0.2) is 60.3 Å². The zero-order chi connectivity index (χ0) is 26.7. The highest BCUT2D eigenvalue weighted by atomic mass is 16.6. The number of benzene rings is 1. The molecule has 0 fully saturated rings. The van der Waals surface area contributed by atoms with Gasteiger partial charge in [-0.1, -0.05) is 17.7 Å². The Labute approximate surface area is 209 Å². The van der Waals surface area contributed by atoms with Crippen LogP contribution in [0.3, 0.4) is 0 Å². The summed E-state index contributed by atoms with van der Waals surface area (Å²) in [6.45, 7) is 8.03. The largest absolute Gasteiger partial charge is 0.465 e. The number of hydrogen-bond donors (Lipinski definition) is 0. The molecule has 0 N–H and O–H groups in total. The average molecular weight is 503 g/mol. The van der Waals surface area contributed by atoms with Crippen LogP contribution in [0.2, 0.25) is 0 Å². The minimum Gasteiger partial charge on any atom is -0.465 e. The van der Waals surface area contributed by atoms with E-state index in [0.717, 1.165) is 0 Å². The summed E-state index contributed by atoms with van der Waals surface area (Å²) >= 11 is 0. The van der Waals surface area contributed by atoms with E-state index in [1.807, 2.05) is 0 Å². The van der Waals surface area contributed by atoms with Gasteiger partial charge < -0.3 is 23.7 Å². The number of carbonyl (C=O) groups excluding carboxylic acids is 4. The van der Waals surface area contributed by atoms with E-state index in [1.54, 1.807) is 40.7 Å². The maximum Gasteiger partial charge on any atom is 0.325 e. The average Bonchev–Trinajstić information content (AvgIpc) is 2.83. The minimum atomic E-state index is -1.58. The van der Waals surface area contributed by atoms with Crippen molar-refractivity contribution >= 4 is 23.9 Å². The second-order valence-electron chi connectivity index (χ2n) is 7.28. The van der Waals surface area contributed by atoms with E-state index in [9.17, 15) is 19.2 Å². The maximum absolute atomic E-state index is 12.9. The fourth-order valence-corrected chi connectivity index (χ4v) is 3.41. The van der Waals surface area contributed by atoms with Crippen LogP contribution in [0.25, 0.3) is 0 Å². The molecular formula is C25H30N2O9. The summed E-state index contributed by atoms with van der Waals surface area (Å²) in [6.07, 6.45) is 2.83. The molecule has 11 nitrogen and oxygen atoms in total. The molecule has 0 spiro atoms. The van der Waals surface area contributed by atoms with Gasteiger partial charge in [0.25, 0.3) is 0 Å². The molecule has 0 saturated heterocycles. The van der Waals surface area contributed by atoms with Crippen molar-refractivity contribution in [3.63, 3.8) is 0 Å². The van der Waals surface area contributed by atoms with Crippen molar-refractivity contribution in [2.75, 3.05) is 26.4 Å². The monoisotopic (exact) mass is 502 g/mol. The molecule has 1 heterocycles. The quantitative estimate of drug-likeness (QED) is 0.240. The van der Waals surface area contributed by atoms with Crippen LogP contribution in [-0.2, 0) is 38.1 Å². The third kappa shape index (κ3) is 7.00. The molecule has 0 radical (unpaired) electrons. The fourth-order valence-electron chi connectivity index (χ4n) is 3.41. The molecule has 0 bridgehead atoms. The SMILES string of the molecule is CCOC(=O)C(C(=O)OCC)c1cc(C)cc(C(C(=O)OCC)C(=O)OCC)c1Oc1ncccn1. The molecule has 2 rings (SSSR count). The lowest BCUT2D eigenvalue weighted by molar-refractivity contribution is -0.158. The van der Waals surface area contributed by atoms with Crippen LogP contribution in [0.15, 0.2) is 30.6 Å². The lowest BCUT2D eigenvalue weighted by Crippen LogP contribution is -2.29. The fraction of sp³-hybridized carbons (Fsp3) is 0.440. The van der Waals surface area contributed by atoms with Gasteiger partial charge in [-0.05, 0) is 40.7 Å². The van der Waals surface area contributed by atoms with Gasteiger partial charge in [0, 0.05) is 23.5 Å². The number of hydrogen-bond acceptors (Lipinski definition) is 11. The van der Waals surface area contributed by atoms with E-state index in [1.165, 1.54) is 24.5 Å². The van der Waals surface area contributed by atoms with Crippen LogP contribution >= 0.6 is 0 Å². The summed E-state index contributed by atoms with van der Waals surface area (Å²) in [5.41, 5.74) is 0.527. The Hall–Kier alpha value is -4.02.